The highest BCUT2D eigenvalue weighted by Crippen LogP contribution is 2.24. The van der Waals surface area contributed by atoms with Crippen molar-refractivity contribution >= 4 is 12.4 Å². The molecule has 6 nitrogen and oxygen atoms in total. The molecule has 0 aliphatic heterocycles. The maximum atomic E-state index is 10.6. The summed E-state index contributed by atoms with van der Waals surface area (Å²) in [6, 6.07) is 9.57. The first kappa shape index (κ1) is 12.6. The first-order valence-corrected chi connectivity index (χ1v) is 5.34. The molecule has 1 heterocycles. The summed E-state index contributed by atoms with van der Waals surface area (Å²) in [4.78, 5) is 25.0. The minimum atomic E-state index is -0.894. The summed E-state index contributed by atoms with van der Waals surface area (Å²) >= 11 is 0. The number of amides is 1. The van der Waals surface area contributed by atoms with Gasteiger partial charge in [0.05, 0.1) is 6.20 Å². The third-order valence-corrected chi connectivity index (χ3v) is 2.14. The molecule has 2 aromatic rings. The number of rotatable bonds is 4. The zero-order valence-electron chi connectivity index (χ0n) is 9.78. The van der Waals surface area contributed by atoms with Crippen molar-refractivity contribution in [3.8, 4) is 17.2 Å². The lowest BCUT2D eigenvalue weighted by molar-refractivity contribution is 0.111. The lowest BCUT2D eigenvalue weighted by Crippen LogP contribution is -2.16. The molecular weight excluding hydrogens is 248 g/mol. The van der Waals surface area contributed by atoms with E-state index in [0.29, 0.717) is 23.5 Å². The van der Waals surface area contributed by atoms with E-state index in [4.69, 9.17) is 15.2 Å². The molecule has 0 saturated carbocycles. The lowest BCUT2D eigenvalue weighted by Gasteiger charge is -2.07. The van der Waals surface area contributed by atoms with Crippen LogP contribution in [-0.4, -0.2) is 17.4 Å². The van der Waals surface area contributed by atoms with E-state index in [2.05, 4.69) is 4.98 Å². The van der Waals surface area contributed by atoms with Crippen molar-refractivity contribution < 1.29 is 19.1 Å². The number of carbonyl (C=O) groups excluding carboxylic acids is 2. The van der Waals surface area contributed by atoms with Crippen molar-refractivity contribution in [2.45, 2.75) is 0 Å². The topological polar surface area (TPSA) is 91.5 Å². The Balaban J connectivity index is 2.13. The van der Waals surface area contributed by atoms with E-state index in [1.54, 1.807) is 24.3 Å². The third kappa shape index (κ3) is 3.53. The van der Waals surface area contributed by atoms with E-state index in [-0.39, 0.29) is 5.75 Å². The van der Waals surface area contributed by atoms with Crippen LogP contribution in [0.15, 0.2) is 42.6 Å². The number of carbonyl (C=O) groups is 2. The maximum Gasteiger partial charge on any atom is 0.409 e. The van der Waals surface area contributed by atoms with Crippen LogP contribution < -0.4 is 15.2 Å². The Kier molecular flexibility index (Phi) is 3.72. The average Bonchev–Trinajstić information content (AvgIpc) is 2.39. The monoisotopic (exact) mass is 258 g/mol. The SMILES string of the molecule is NC(=O)Oc1cccc(Oc2ccc(C=O)nc2)c1. The van der Waals surface area contributed by atoms with Crippen molar-refractivity contribution in [3.05, 3.63) is 48.3 Å². The van der Waals surface area contributed by atoms with Gasteiger partial charge in [0, 0.05) is 6.07 Å². The zero-order chi connectivity index (χ0) is 13.7. The van der Waals surface area contributed by atoms with E-state index in [1.165, 1.54) is 18.3 Å². The highest BCUT2D eigenvalue weighted by Gasteiger charge is 2.03. The Morgan fingerprint density at radius 1 is 1.16 bits per heavy atom. The van der Waals surface area contributed by atoms with E-state index >= 15 is 0 Å². The minimum Gasteiger partial charge on any atom is -0.456 e. The second kappa shape index (κ2) is 5.63. The fourth-order valence-electron chi connectivity index (χ4n) is 1.38. The van der Waals surface area contributed by atoms with Crippen LogP contribution in [-0.2, 0) is 0 Å². The van der Waals surface area contributed by atoms with E-state index in [1.807, 2.05) is 0 Å². The van der Waals surface area contributed by atoms with Gasteiger partial charge in [-0.15, -0.1) is 0 Å². The number of hydrogen-bond donors (Lipinski definition) is 1. The molecule has 0 atom stereocenters. The molecule has 19 heavy (non-hydrogen) atoms. The molecule has 0 radical (unpaired) electrons. The number of pyridine rings is 1. The van der Waals surface area contributed by atoms with E-state index in [0.717, 1.165) is 0 Å². The molecule has 0 saturated heterocycles. The van der Waals surface area contributed by atoms with Gasteiger partial charge in [-0.3, -0.25) is 4.79 Å². The van der Waals surface area contributed by atoms with Crippen LogP contribution in [0.1, 0.15) is 10.5 Å². The van der Waals surface area contributed by atoms with Crippen LogP contribution in [0.5, 0.6) is 17.2 Å². The van der Waals surface area contributed by atoms with Gasteiger partial charge in [-0.05, 0) is 24.3 Å². The second-order valence-electron chi connectivity index (χ2n) is 3.53. The maximum absolute atomic E-state index is 10.6. The molecule has 0 fully saturated rings. The van der Waals surface area contributed by atoms with Gasteiger partial charge in [0.15, 0.2) is 6.29 Å². The smallest absolute Gasteiger partial charge is 0.409 e. The van der Waals surface area contributed by atoms with Crippen molar-refractivity contribution in [1.29, 1.82) is 0 Å². The standard InChI is InChI=1S/C13H10N2O4/c14-13(17)19-11-3-1-2-10(6-11)18-12-5-4-9(8-16)15-7-12/h1-8H,(H2,14,17). The quantitative estimate of drug-likeness (QED) is 0.848. The second-order valence-corrected chi connectivity index (χ2v) is 3.53. The molecule has 2 rings (SSSR count). The summed E-state index contributed by atoms with van der Waals surface area (Å²) in [5.41, 5.74) is 5.23. The number of benzene rings is 1. The van der Waals surface area contributed by atoms with E-state index in [9.17, 15) is 9.59 Å². The van der Waals surface area contributed by atoms with Crippen LogP contribution in [0.3, 0.4) is 0 Å². The van der Waals surface area contributed by atoms with Crippen LogP contribution >= 0.6 is 0 Å². The van der Waals surface area contributed by atoms with Gasteiger partial charge in [-0.2, -0.15) is 0 Å². The van der Waals surface area contributed by atoms with Crippen LogP contribution in [0.2, 0.25) is 0 Å². The number of aromatic nitrogens is 1. The summed E-state index contributed by atoms with van der Waals surface area (Å²) in [7, 11) is 0. The largest absolute Gasteiger partial charge is 0.456 e. The van der Waals surface area contributed by atoms with Gasteiger partial charge in [0.1, 0.15) is 22.9 Å². The van der Waals surface area contributed by atoms with Gasteiger partial charge < -0.3 is 15.2 Å². The third-order valence-electron chi connectivity index (χ3n) is 2.14. The summed E-state index contributed by atoms with van der Waals surface area (Å²) in [6.07, 6.45) is 1.17. The minimum absolute atomic E-state index is 0.280. The predicted molar refractivity (Wildman–Crippen MR) is 66.4 cm³/mol. The van der Waals surface area contributed by atoms with Gasteiger partial charge in [0.2, 0.25) is 0 Å². The molecule has 1 aromatic carbocycles. The molecule has 0 unspecified atom stereocenters. The molecular formula is C13H10N2O4. The molecule has 0 aliphatic rings. The van der Waals surface area contributed by atoms with E-state index < -0.39 is 6.09 Å². The Bertz CT molecular complexity index is 596. The number of hydrogen-bond acceptors (Lipinski definition) is 5. The number of aldehydes is 1. The number of ether oxygens (including phenoxy) is 2. The van der Waals surface area contributed by atoms with Crippen LogP contribution in [0.25, 0.3) is 0 Å². The fraction of sp³-hybridized carbons (Fsp3) is 0. The first-order valence-electron chi connectivity index (χ1n) is 5.34. The molecule has 1 aromatic heterocycles. The molecule has 0 bridgehead atoms. The van der Waals surface area contributed by atoms with Crippen molar-refractivity contribution in [2.24, 2.45) is 5.73 Å². The molecule has 1 amide bonds. The number of primary amides is 1. The fourth-order valence-corrected chi connectivity index (χ4v) is 1.38. The molecule has 2 N–H and O–H groups in total. The number of nitrogens with zero attached hydrogens (tertiary/aromatic N) is 1. The highest BCUT2D eigenvalue weighted by atomic mass is 16.5. The van der Waals surface area contributed by atoms with Gasteiger partial charge in [-0.25, -0.2) is 9.78 Å². The summed E-state index contributed by atoms with van der Waals surface area (Å²) in [5.74, 6) is 1.20. The highest BCUT2D eigenvalue weighted by molar-refractivity contribution is 5.71. The molecule has 0 aliphatic carbocycles. The summed E-state index contributed by atoms with van der Waals surface area (Å²) in [5, 5.41) is 0. The lowest BCUT2D eigenvalue weighted by atomic mass is 10.3. The first-order chi connectivity index (χ1) is 9.17. The molecule has 0 spiro atoms. The Labute approximate surface area is 108 Å². The van der Waals surface area contributed by atoms with Crippen LogP contribution in [0, 0.1) is 0 Å². The number of nitrogens with two attached hydrogens (primary N) is 1. The van der Waals surface area contributed by atoms with Crippen molar-refractivity contribution in [3.63, 3.8) is 0 Å². The predicted octanol–water partition coefficient (Wildman–Crippen LogP) is 2.14. The zero-order valence-corrected chi connectivity index (χ0v) is 9.78. The van der Waals surface area contributed by atoms with Crippen LogP contribution in [0.4, 0.5) is 4.79 Å². The van der Waals surface area contributed by atoms with Crippen molar-refractivity contribution in [2.75, 3.05) is 0 Å². The summed E-state index contributed by atoms with van der Waals surface area (Å²) in [6.45, 7) is 0. The average molecular weight is 258 g/mol. The van der Waals surface area contributed by atoms with Gasteiger partial charge in [0.25, 0.3) is 0 Å². The molecule has 96 valence electrons. The molecule has 6 heteroatoms. The van der Waals surface area contributed by atoms with Gasteiger partial charge in [-0.1, -0.05) is 6.07 Å². The van der Waals surface area contributed by atoms with Gasteiger partial charge >= 0.3 is 6.09 Å². The Morgan fingerprint density at radius 2 is 1.95 bits per heavy atom. The summed E-state index contributed by atoms with van der Waals surface area (Å²) < 4.78 is 10.2. The normalized spacial score (nSPS) is 9.68. The Hall–Kier alpha value is -2.89. The van der Waals surface area contributed by atoms with Crippen molar-refractivity contribution in [1.82, 2.24) is 4.98 Å². The Morgan fingerprint density at radius 3 is 2.58 bits per heavy atom.